The Balaban J connectivity index is 2.13. The van der Waals surface area contributed by atoms with E-state index in [-0.39, 0.29) is 18.6 Å². The molecule has 0 radical (unpaired) electrons. The second kappa shape index (κ2) is 4.63. The Kier molecular flexibility index (Phi) is 3.22. The summed E-state index contributed by atoms with van der Waals surface area (Å²) in [5, 5.41) is 12.6. The summed E-state index contributed by atoms with van der Waals surface area (Å²) in [5.74, 6) is -0.205. The lowest BCUT2D eigenvalue weighted by molar-refractivity contribution is -0.126. The number of aliphatic hydroxyl groups excluding tert-OH is 1. The fourth-order valence-electron chi connectivity index (χ4n) is 2.09. The van der Waals surface area contributed by atoms with Crippen LogP contribution in [-0.4, -0.2) is 30.8 Å². The molecule has 0 aliphatic heterocycles. The molecule has 4 nitrogen and oxygen atoms in total. The third-order valence-electron chi connectivity index (χ3n) is 2.80. The molecule has 2 atom stereocenters. The quantitative estimate of drug-likeness (QED) is 0.777. The van der Waals surface area contributed by atoms with Gasteiger partial charge in [0.25, 0.3) is 0 Å². The molecule has 86 valence electrons. The summed E-state index contributed by atoms with van der Waals surface area (Å²) >= 11 is 0. The Morgan fingerprint density at radius 3 is 3.06 bits per heavy atom. The van der Waals surface area contributed by atoms with Crippen molar-refractivity contribution in [1.29, 1.82) is 0 Å². The largest absolute Gasteiger partial charge is 0.390 e. The van der Waals surface area contributed by atoms with Gasteiger partial charge in [-0.15, -0.1) is 0 Å². The first-order valence-electron chi connectivity index (χ1n) is 5.26. The van der Waals surface area contributed by atoms with Crippen molar-refractivity contribution in [3.8, 4) is 0 Å². The summed E-state index contributed by atoms with van der Waals surface area (Å²) in [6, 6.07) is 7.44. The van der Waals surface area contributed by atoms with Crippen LogP contribution in [0.4, 0.5) is 0 Å². The second-order valence-corrected chi connectivity index (χ2v) is 3.95. The van der Waals surface area contributed by atoms with Crippen LogP contribution < -0.4 is 5.32 Å². The molecular formula is C12H15NO3. The highest BCUT2D eigenvalue weighted by Gasteiger charge is 2.31. The zero-order valence-corrected chi connectivity index (χ0v) is 9.14. The number of benzene rings is 1. The highest BCUT2D eigenvalue weighted by Crippen LogP contribution is 2.30. The normalized spacial score (nSPS) is 22.9. The van der Waals surface area contributed by atoms with Crippen molar-refractivity contribution in [2.24, 2.45) is 0 Å². The highest BCUT2D eigenvalue weighted by atomic mass is 16.5. The summed E-state index contributed by atoms with van der Waals surface area (Å²) in [5.41, 5.74) is 2.09. The van der Waals surface area contributed by atoms with Gasteiger partial charge in [-0.1, -0.05) is 24.3 Å². The monoisotopic (exact) mass is 221 g/mol. The molecule has 0 heterocycles. The molecule has 0 aromatic heterocycles. The van der Waals surface area contributed by atoms with Crippen LogP contribution in [0.15, 0.2) is 24.3 Å². The number of methoxy groups -OCH3 is 1. The number of ether oxygens (including phenoxy) is 1. The van der Waals surface area contributed by atoms with Crippen LogP contribution in [0.2, 0.25) is 0 Å². The third-order valence-corrected chi connectivity index (χ3v) is 2.80. The number of rotatable bonds is 3. The molecule has 1 aliphatic rings. The molecule has 2 rings (SSSR count). The maximum atomic E-state index is 11.4. The van der Waals surface area contributed by atoms with E-state index in [1.54, 1.807) is 0 Å². The van der Waals surface area contributed by atoms with E-state index < -0.39 is 6.10 Å². The van der Waals surface area contributed by atoms with Gasteiger partial charge in [-0.05, 0) is 11.1 Å². The lowest BCUT2D eigenvalue weighted by Gasteiger charge is -2.17. The molecule has 16 heavy (non-hydrogen) atoms. The van der Waals surface area contributed by atoms with E-state index >= 15 is 0 Å². The number of amides is 1. The molecule has 1 aliphatic carbocycles. The predicted molar refractivity (Wildman–Crippen MR) is 58.9 cm³/mol. The molecule has 2 N–H and O–H groups in total. The van der Waals surface area contributed by atoms with Gasteiger partial charge < -0.3 is 15.2 Å². The van der Waals surface area contributed by atoms with Crippen LogP contribution in [0.25, 0.3) is 0 Å². The number of hydrogen-bond donors (Lipinski definition) is 2. The number of carbonyl (C=O) groups is 1. The van der Waals surface area contributed by atoms with Crippen LogP contribution in [-0.2, 0) is 16.0 Å². The lowest BCUT2D eigenvalue weighted by atomic mass is 10.1. The van der Waals surface area contributed by atoms with E-state index in [2.05, 4.69) is 5.32 Å². The second-order valence-electron chi connectivity index (χ2n) is 3.95. The Labute approximate surface area is 94.2 Å². The maximum absolute atomic E-state index is 11.4. The Hall–Kier alpha value is -1.39. The van der Waals surface area contributed by atoms with Gasteiger partial charge in [-0.3, -0.25) is 4.79 Å². The number of carbonyl (C=O) groups excluding carboxylic acids is 1. The Morgan fingerprint density at radius 1 is 1.56 bits per heavy atom. The van der Waals surface area contributed by atoms with Crippen LogP contribution >= 0.6 is 0 Å². The average Bonchev–Trinajstić information content (AvgIpc) is 2.56. The van der Waals surface area contributed by atoms with Gasteiger partial charge in [0.05, 0.1) is 12.1 Å². The SMILES string of the molecule is COCC(=O)N[C@H]1c2ccccc2C[C@H]1O. The van der Waals surface area contributed by atoms with Crippen LogP contribution in [0.5, 0.6) is 0 Å². The molecule has 1 aromatic rings. The summed E-state index contributed by atoms with van der Waals surface area (Å²) in [6.45, 7) is 0.0192. The number of aliphatic hydroxyl groups is 1. The van der Waals surface area contributed by atoms with Crippen molar-refractivity contribution < 1.29 is 14.6 Å². The van der Waals surface area contributed by atoms with Crippen molar-refractivity contribution in [2.45, 2.75) is 18.6 Å². The molecule has 0 saturated carbocycles. The minimum absolute atomic E-state index is 0.0192. The highest BCUT2D eigenvalue weighted by molar-refractivity contribution is 5.78. The first-order valence-corrected chi connectivity index (χ1v) is 5.26. The molecule has 0 fully saturated rings. The van der Waals surface area contributed by atoms with Gasteiger partial charge in [0.2, 0.25) is 5.91 Å². The molecule has 1 aromatic carbocycles. The van der Waals surface area contributed by atoms with Gasteiger partial charge in [0.15, 0.2) is 0 Å². The van der Waals surface area contributed by atoms with Crippen molar-refractivity contribution >= 4 is 5.91 Å². The molecule has 1 amide bonds. The zero-order valence-electron chi connectivity index (χ0n) is 9.14. The van der Waals surface area contributed by atoms with Gasteiger partial charge in [0, 0.05) is 13.5 Å². The van der Waals surface area contributed by atoms with E-state index in [0.29, 0.717) is 6.42 Å². The fourth-order valence-corrected chi connectivity index (χ4v) is 2.09. The number of hydrogen-bond acceptors (Lipinski definition) is 3. The molecule has 0 bridgehead atoms. The standard InChI is InChI=1S/C12H15NO3/c1-16-7-11(15)13-12-9-5-3-2-4-8(9)6-10(12)14/h2-5,10,12,14H,6-7H2,1H3,(H,13,15)/t10-,12+/m1/s1. The maximum Gasteiger partial charge on any atom is 0.246 e. The van der Waals surface area contributed by atoms with Crippen LogP contribution in [0.1, 0.15) is 17.2 Å². The smallest absolute Gasteiger partial charge is 0.246 e. The first-order chi connectivity index (χ1) is 7.72. The van der Waals surface area contributed by atoms with Gasteiger partial charge in [-0.25, -0.2) is 0 Å². The van der Waals surface area contributed by atoms with E-state index in [1.165, 1.54) is 7.11 Å². The molecule has 4 heteroatoms. The molecule has 0 spiro atoms. The van der Waals surface area contributed by atoms with E-state index in [4.69, 9.17) is 4.74 Å². The van der Waals surface area contributed by atoms with Crippen LogP contribution in [0, 0.1) is 0 Å². The van der Waals surface area contributed by atoms with Crippen molar-refractivity contribution in [1.82, 2.24) is 5.32 Å². The van der Waals surface area contributed by atoms with Gasteiger partial charge >= 0.3 is 0 Å². The van der Waals surface area contributed by atoms with Crippen molar-refractivity contribution in [3.63, 3.8) is 0 Å². The zero-order chi connectivity index (χ0) is 11.5. The third kappa shape index (κ3) is 2.08. The first kappa shape index (κ1) is 11.1. The van der Waals surface area contributed by atoms with E-state index in [9.17, 15) is 9.90 Å². The lowest BCUT2D eigenvalue weighted by Crippen LogP contribution is -2.35. The summed E-state index contributed by atoms with van der Waals surface area (Å²) < 4.78 is 4.74. The van der Waals surface area contributed by atoms with E-state index in [0.717, 1.165) is 11.1 Å². The fraction of sp³-hybridized carbons (Fsp3) is 0.417. The van der Waals surface area contributed by atoms with Crippen LogP contribution in [0.3, 0.4) is 0 Å². The minimum Gasteiger partial charge on any atom is -0.390 e. The van der Waals surface area contributed by atoms with Gasteiger partial charge in [-0.2, -0.15) is 0 Å². The Morgan fingerprint density at radius 2 is 2.31 bits per heavy atom. The van der Waals surface area contributed by atoms with E-state index in [1.807, 2.05) is 24.3 Å². The topological polar surface area (TPSA) is 58.6 Å². The number of fused-ring (bicyclic) bond motifs is 1. The molecule has 0 unspecified atom stereocenters. The minimum atomic E-state index is -0.543. The molecular weight excluding hydrogens is 206 g/mol. The predicted octanol–water partition coefficient (Wildman–Crippen LogP) is 0.407. The van der Waals surface area contributed by atoms with Gasteiger partial charge in [0.1, 0.15) is 6.61 Å². The van der Waals surface area contributed by atoms with Crippen molar-refractivity contribution in [2.75, 3.05) is 13.7 Å². The Bertz CT molecular complexity index is 392. The summed E-state index contributed by atoms with van der Waals surface area (Å²) in [4.78, 5) is 11.4. The summed E-state index contributed by atoms with van der Waals surface area (Å²) in [6.07, 6.45) is 0.0480. The number of nitrogens with one attached hydrogen (secondary N) is 1. The summed E-state index contributed by atoms with van der Waals surface area (Å²) in [7, 11) is 1.47. The average molecular weight is 221 g/mol. The van der Waals surface area contributed by atoms with Crippen molar-refractivity contribution in [3.05, 3.63) is 35.4 Å². The molecule has 0 saturated heterocycles.